The maximum absolute atomic E-state index is 5.32. The first-order valence-electron chi connectivity index (χ1n) is 6.47. The second-order valence-electron chi connectivity index (χ2n) is 4.87. The highest BCUT2D eigenvalue weighted by atomic mass is 16.5. The van der Waals surface area contributed by atoms with Gasteiger partial charge in [0.05, 0.1) is 7.11 Å². The van der Waals surface area contributed by atoms with Gasteiger partial charge in [-0.2, -0.15) is 0 Å². The van der Waals surface area contributed by atoms with Gasteiger partial charge in [-0.15, -0.1) is 0 Å². The van der Waals surface area contributed by atoms with E-state index in [9.17, 15) is 0 Å². The minimum Gasteiger partial charge on any atom is -0.497 e. The Kier molecular flexibility index (Phi) is 2.89. The van der Waals surface area contributed by atoms with Crippen molar-refractivity contribution in [1.29, 1.82) is 0 Å². The van der Waals surface area contributed by atoms with Crippen molar-refractivity contribution in [3.8, 4) is 5.75 Å². The number of ether oxygens (including phenoxy) is 1. The van der Waals surface area contributed by atoms with Crippen LogP contribution in [0.4, 0.5) is 0 Å². The van der Waals surface area contributed by atoms with E-state index in [0.29, 0.717) is 6.04 Å². The monoisotopic (exact) mass is 229 g/mol. The van der Waals surface area contributed by atoms with Crippen molar-refractivity contribution in [3.05, 3.63) is 35.9 Å². The Labute approximate surface area is 103 Å². The fraction of sp³-hybridized carbons (Fsp3) is 0.467. The molecule has 0 aromatic heterocycles. The van der Waals surface area contributed by atoms with Gasteiger partial charge in [0.1, 0.15) is 5.75 Å². The van der Waals surface area contributed by atoms with Gasteiger partial charge in [-0.3, -0.25) is 4.90 Å². The lowest BCUT2D eigenvalue weighted by Gasteiger charge is -2.30. The van der Waals surface area contributed by atoms with Crippen LogP contribution in [0.1, 0.15) is 24.8 Å². The van der Waals surface area contributed by atoms with Crippen molar-refractivity contribution in [3.63, 3.8) is 0 Å². The lowest BCUT2D eigenvalue weighted by molar-refractivity contribution is 0.292. The van der Waals surface area contributed by atoms with Crippen LogP contribution in [0.25, 0.3) is 5.57 Å². The molecule has 0 bridgehead atoms. The third-order valence-corrected chi connectivity index (χ3v) is 3.91. The largest absolute Gasteiger partial charge is 0.497 e. The highest BCUT2D eigenvalue weighted by Crippen LogP contribution is 2.34. The molecule has 2 nitrogen and oxygen atoms in total. The first kappa shape index (κ1) is 10.8. The summed E-state index contributed by atoms with van der Waals surface area (Å²) in [5, 5.41) is 0. The van der Waals surface area contributed by atoms with Crippen LogP contribution in [0.5, 0.6) is 5.75 Å². The van der Waals surface area contributed by atoms with Gasteiger partial charge in [-0.1, -0.05) is 18.2 Å². The molecule has 0 amide bonds. The zero-order valence-corrected chi connectivity index (χ0v) is 10.4. The lowest BCUT2D eigenvalue weighted by Crippen LogP contribution is -2.33. The van der Waals surface area contributed by atoms with Crippen molar-refractivity contribution >= 4 is 5.57 Å². The summed E-state index contributed by atoms with van der Waals surface area (Å²) in [6.45, 7) is 2.50. The summed E-state index contributed by atoms with van der Waals surface area (Å²) in [4.78, 5) is 2.62. The quantitative estimate of drug-likeness (QED) is 0.773. The van der Waals surface area contributed by atoms with Gasteiger partial charge in [0.15, 0.2) is 0 Å². The SMILES string of the molecule is COc1cccc(C2=CCCN3CCC[C@H]23)c1. The average molecular weight is 229 g/mol. The molecule has 1 saturated heterocycles. The molecule has 3 rings (SSSR count). The molecule has 2 heteroatoms. The summed E-state index contributed by atoms with van der Waals surface area (Å²) < 4.78 is 5.32. The summed E-state index contributed by atoms with van der Waals surface area (Å²) in [5.74, 6) is 0.957. The molecule has 17 heavy (non-hydrogen) atoms. The molecule has 0 unspecified atom stereocenters. The van der Waals surface area contributed by atoms with Gasteiger partial charge in [-0.05, 0) is 49.1 Å². The van der Waals surface area contributed by atoms with E-state index in [1.165, 1.54) is 43.5 Å². The van der Waals surface area contributed by atoms with E-state index < -0.39 is 0 Å². The van der Waals surface area contributed by atoms with Crippen LogP contribution in [-0.4, -0.2) is 31.1 Å². The molecule has 0 spiro atoms. The number of hydrogen-bond acceptors (Lipinski definition) is 2. The van der Waals surface area contributed by atoms with Crippen molar-refractivity contribution in [2.45, 2.75) is 25.3 Å². The summed E-state index contributed by atoms with van der Waals surface area (Å²) in [6, 6.07) is 9.11. The molecular weight excluding hydrogens is 210 g/mol. The summed E-state index contributed by atoms with van der Waals surface area (Å²) in [5.41, 5.74) is 2.84. The minimum atomic E-state index is 0.649. The van der Waals surface area contributed by atoms with Crippen molar-refractivity contribution in [1.82, 2.24) is 4.90 Å². The maximum Gasteiger partial charge on any atom is 0.119 e. The Morgan fingerprint density at radius 3 is 3.12 bits per heavy atom. The van der Waals surface area contributed by atoms with Crippen LogP contribution >= 0.6 is 0 Å². The van der Waals surface area contributed by atoms with E-state index in [1.807, 2.05) is 6.07 Å². The molecule has 1 aromatic rings. The molecular formula is C15H19NO. The number of benzene rings is 1. The molecule has 2 aliphatic heterocycles. The van der Waals surface area contributed by atoms with Gasteiger partial charge in [0.2, 0.25) is 0 Å². The summed E-state index contributed by atoms with van der Waals surface area (Å²) in [7, 11) is 1.73. The molecule has 0 aliphatic carbocycles. The van der Waals surface area contributed by atoms with Crippen LogP contribution < -0.4 is 4.74 Å². The molecule has 0 saturated carbocycles. The Bertz CT molecular complexity index is 438. The number of hydrogen-bond donors (Lipinski definition) is 0. The summed E-state index contributed by atoms with van der Waals surface area (Å²) >= 11 is 0. The molecule has 0 radical (unpaired) electrons. The Morgan fingerprint density at radius 1 is 1.29 bits per heavy atom. The molecule has 90 valence electrons. The second-order valence-corrected chi connectivity index (χ2v) is 4.87. The van der Waals surface area contributed by atoms with Gasteiger partial charge >= 0.3 is 0 Å². The average Bonchev–Trinajstić information content (AvgIpc) is 2.87. The molecule has 2 heterocycles. The molecule has 1 fully saturated rings. The van der Waals surface area contributed by atoms with Crippen LogP contribution in [0, 0.1) is 0 Å². The second kappa shape index (κ2) is 4.53. The van der Waals surface area contributed by atoms with Gasteiger partial charge in [0.25, 0.3) is 0 Å². The first-order chi connectivity index (χ1) is 8.38. The smallest absolute Gasteiger partial charge is 0.119 e. The fourth-order valence-electron chi connectivity index (χ4n) is 3.08. The van der Waals surface area contributed by atoms with E-state index in [0.717, 1.165) is 5.75 Å². The van der Waals surface area contributed by atoms with Crippen molar-refractivity contribution < 1.29 is 4.74 Å². The number of rotatable bonds is 2. The van der Waals surface area contributed by atoms with Gasteiger partial charge < -0.3 is 4.74 Å². The predicted molar refractivity (Wildman–Crippen MR) is 70.2 cm³/mol. The van der Waals surface area contributed by atoms with Gasteiger partial charge in [0, 0.05) is 12.6 Å². The Balaban J connectivity index is 1.94. The van der Waals surface area contributed by atoms with Crippen LogP contribution in [0.2, 0.25) is 0 Å². The van der Waals surface area contributed by atoms with E-state index in [2.05, 4.69) is 29.2 Å². The number of nitrogens with zero attached hydrogens (tertiary/aromatic N) is 1. The predicted octanol–water partition coefficient (Wildman–Crippen LogP) is 2.95. The molecule has 2 aliphatic rings. The molecule has 1 aromatic carbocycles. The van der Waals surface area contributed by atoms with E-state index >= 15 is 0 Å². The highest BCUT2D eigenvalue weighted by molar-refractivity contribution is 5.71. The standard InChI is InChI=1S/C15H19NO/c1-17-13-6-2-5-12(11-13)14-7-3-9-16-10-4-8-15(14)16/h2,5-7,11,15H,3-4,8-10H2,1H3/t15-/m1/s1. The number of fused-ring (bicyclic) bond motifs is 1. The minimum absolute atomic E-state index is 0.649. The normalized spacial score (nSPS) is 24.3. The molecule has 0 N–H and O–H groups in total. The van der Waals surface area contributed by atoms with Crippen LogP contribution in [0.3, 0.4) is 0 Å². The van der Waals surface area contributed by atoms with Crippen LogP contribution in [0.15, 0.2) is 30.3 Å². The maximum atomic E-state index is 5.32. The third-order valence-electron chi connectivity index (χ3n) is 3.91. The Hall–Kier alpha value is -1.28. The van der Waals surface area contributed by atoms with Crippen molar-refractivity contribution in [2.75, 3.05) is 20.2 Å². The third kappa shape index (κ3) is 1.98. The van der Waals surface area contributed by atoms with E-state index in [1.54, 1.807) is 7.11 Å². The van der Waals surface area contributed by atoms with Crippen molar-refractivity contribution in [2.24, 2.45) is 0 Å². The Morgan fingerprint density at radius 2 is 2.24 bits per heavy atom. The zero-order valence-electron chi connectivity index (χ0n) is 10.4. The van der Waals surface area contributed by atoms with E-state index in [-0.39, 0.29) is 0 Å². The summed E-state index contributed by atoms with van der Waals surface area (Å²) in [6.07, 6.45) is 6.25. The number of methoxy groups -OCH3 is 1. The topological polar surface area (TPSA) is 12.5 Å². The fourth-order valence-corrected chi connectivity index (χ4v) is 3.08. The highest BCUT2D eigenvalue weighted by Gasteiger charge is 2.30. The zero-order chi connectivity index (χ0) is 11.7. The molecule has 1 atom stereocenters. The van der Waals surface area contributed by atoms with Crippen LogP contribution in [-0.2, 0) is 0 Å². The van der Waals surface area contributed by atoms with Gasteiger partial charge in [-0.25, -0.2) is 0 Å². The van der Waals surface area contributed by atoms with E-state index in [4.69, 9.17) is 4.74 Å². The first-order valence-corrected chi connectivity index (χ1v) is 6.47. The lowest BCUT2D eigenvalue weighted by atomic mass is 9.93.